The minimum absolute atomic E-state index is 0.00772. The van der Waals surface area contributed by atoms with Crippen LogP contribution < -0.4 is 94.0 Å². The number of guanidine groups is 5. The lowest BCUT2D eigenvalue weighted by molar-refractivity contribution is -0.135. The Kier molecular flexibility index (Phi) is 28.4. The molecular weight excluding hydrogens is 1060 g/mol. The summed E-state index contributed by atoms with van der Waals surface area (Å²) in [4.78, 5) is 127. The average molecular weight is 1140 g/mol. The maximum Gasteiger partial charge on any atom is 0.290 e. The van der Waals surface area contributed by atoms with Gasteiger partial charge in [-0.2, -0.15) is 0 Å². The smallest absolute Gasteiger partial charge is 0.290 e. The van der Waals surface area contributed by atoms with E-state index in [4.69, 9.17) is 62.1 Å². The molecule has 1 fully saturated rings. The number of thioether (sulfide) groups is 1. The number of benzene rings is 2. The van der Waals surface area contributed by atoms with E-state index >= 15 is 0 Å². The number of fused-ring (bicyclic) bond motifs is 1. The van der Waals surface area contributed by atoms with E-state index in [1.807, 2.05) is 24.3 Å². The minimum Gasteiger partial charge on any atom is -0.493 e. The highest BCUT2D eigenvalue weighted by molar-refractivity contribution is 8.18. The number of rotatable bonds is 36. The van der Waals surface area contributed by atoms with Crippen LogP contribution in [-0.4, -0.2) is 146 Å². The largest absolute Gasteiger partial charge is 0.493 e. The summed E-state index contributed by atoms with van der Waals surface area (Å²) < 4.78 is 6.10. The van der Waals surface area contributed by atoms with Crippen LogP contribution in [0.4, 0.5) is 4.79 Å². The van der Waals surface area contributed by atoms with Crippen LogP contribution in [0.25, 0.3) is 16.8 Å². The number of carbonyl (C=O) groups is 8. The molecule has 0 saturated carbocycles. The van der Waals surface area contributed by atoms with Crippen molar-refractivity contribution in [3.05, 3.63) is 46.9 Å². The molecule has 7 amide bonds. The number of Topliss-reactive ketones (excluding diaryl/α,β-unsaturated/α-hetero) is 1. The number of ether oxygens (including phenoxy) is 1. The number of aliphatic imine (C=N–C) groups is 5. The molecule has 0 radical (unpaired) electrons. The van der Waals surface area contributed by atoms with E-state index in [2.05, 4.69) is 56.9 Å². The van der Waals surface area contributed by atoms with E-state index in [-0.39, 0.29) is 150 Å². The first kappa shape index (κ1) is 65.4. The zero-order valence-electron chi connectivity index (χ0n) is 44.7. The summed E-state index contributed by atoms with van der Waals surface area (Å²) in [7, 11) is 0. The number of amides is 7. The highest BCUT2D eigenvalue weighted by atomic mass is 32.2. The van der Waals surface area contributed by atoms with Gasteiger partial charge in [0.25, 0.3) is 11.1 Å². The highest BCUT2D eigenvalue weighted by Crippen LogP contribution is 2.33. The van der Waals surface area contributed by atoms with Crippen molar-refractivity contribution in [1.29, 1.82) is 0 Å². The summed E-state index contributed by atoms with van der Waals surface area (Å²) in [6, 6.07) is 4.65. The van der Waals surface area contributed by atoms with Crippen molar-refractivity contribution < 1.29 is 43.1 Å². The predicted octanol–water partition coefficient (Wildman–Crippen LogP) is -3.40. The Labute approximate surface area is 466 Å². The number of hydrogen-bond acceptors (Lipinski definition) is 15. The molecule has 5 atom stereocenters. The fraction of sp³-hybridized carbons (Fsp3) is 0.490. The van der Waals surface area contributed by atoms with E-state index in [9.17, 15) is 38.4 Å². The summed E-state index contributed by atoms with van der Waals surface area (Å²) in [5.74, 6) is -4.93. The van der Waals surface area contributed by atoms with Crippen molar-refractivity contribution in [1.82, 2.24) is 31.9 Å². The zero-order chi connectivity index (χ0) is 59.1. The summed E-state index contributed by atoms with van der Waals surface area (Å²) >= 11 is 0.806. The summed E-state index contributed by atoms with van der Waals surface area (Å²) in [6.07, 6.45) is 2.90. The Bertz CT molecular complexity index is 2660. The minimum atomic E-state index is -1.36. The first-order valence-corrected chi connectivity index (χ1v) is 26.5. The van der Waals surface area contributed by atoms with Gasteiger partial charge in [0.15, 0.2) is 35.6 Å². The van der Waals surface area contributed by atoms with E-state index in [0.29, 0.717) is 17.7 Å². The second-order valence-electron chi connectivity index (χ2n) is 18.2. The van der Waals surface area contributed by atoms with Gasteiger partial charge in [-0.1, -0.05) is 30.3 Å². The van der Waals surface area contributed by atoms with Gasteiger partial charge in [0, 0.05) is 44.5 Å². The SMILES string of the molecule is CC(=O)[C@H](CCCN=C(N)N)NC(=O)[C@H](CCCN=C(N)N)NC(=O)[C@H](CCCN=C(N)N)NC(=O)[C@H](CCCN=C(N)N)NC(=O)[C@H](CCCN=C(N)N)NC(=O)CCCOc1ccc(/C=C2\SC(=O)NC2=O)c2ccccc12. The fourth-order valence-electron chi connectivity index (χ4n) is 7.85. The Morgan fingerprint density at radius 1 is 0.525 bits per heavy atom. The first-order chi connectivity index (χ1) is 38.0. The maximum atomic E-state index is 14.4. The van der Waals surface area contributed by atoms with Crippen LogP contribution in [0.2, 0.25) is 0 Å². The zero-order valence-corrected chi connectivity index (χ0v) is 45.6. The standard InChI is InChI=1S/C49H77N21O9S/c1-27(71)31(12-4-20-60-44(50)51)66-40(74)33(14-6-22-62-46(54)55)68-42(76)35(16-8-24-64-48(58)59)69-41(75)34(15-7-23-63-47(56)57)67-39(73)32(13-5-21-61-45(52)53)65-38(72)17-9-25-79-36-19-18-28(29-10-2-3-11-30(29)36)26-37-43(77)70-49(78)80-37/h2-3,10-11,18-19,26,31-35H,4-9,12-17,20-25H2,1H3,(H,65,72)(H,66,74)(H,67,73)(H,68,76)(H,69,75)(H4,50,51,60)(H4,52,53,61)(H4,54,55,62)(H4,56,57,63)(H4,58,59,64)(H,70,77,78)/b37-26-/t31-,32-,33-,34-,35-/m0/s1. The summed E-state index contributed by atoms with van der Waals surface area (Å²) in [5, 5.41) is 16.8. The molecule has 31 heteroatoms. The molecule has 1 aliphatic rings. The molecule has 0 unspecified atom stereocenters. The van der Waals surface area contributed by atoms with Gasteiger partial charge in [0.2, 0.25) is 29.5 Å². The van der Waals surface area contributed by atoms with Crippen molar-refractivity contribution in [2.75, 3.05) is 39.3 Å². The van der Waals surface area contributed by atoms with Crippen molar-refractivity contribution in [2.24, 2.45) is 82.3 Å². The van der Waals surface area contributed by atoms with Gasteiger partial charge in [0.05, 0.1) is 17.6 Å². The topological polar surface area (TPSA) is 540 Å². The molecule has 1 saturated heterocycles. The van der Waals surface area contributed by atoms with Gasteiger partial charge in [-0.25, -0.2) is 0 Å². The monoisotopic (exact) mass is 1140 g/mol. The van der Waals surface area contributed by atoms with Crippen LogP contribution in [0.5, 0.6) is 5.75 Å². The van der Waals surface area contributed by atoms with Crippen LogP contribution in [-0.2, 0) is 33.6 Å². The van der Waals surface area contributed by atoms with E-state index in [1.54, 1.807) is 18.2 Å². The molecule has 2 aromatic rings. The molecule has 30 nitrogen and oxygen atoms in total. The van der Waals surface area contributed by atoms with Crippen molar-refractivity contribution >= 4 is 105 Å². The number of imide groups is 1. The lowest BCUT2D eigenvalue weighted by Crippen LogP contribution is -2.58. The normalized spacial score (nSPS) is 14.1. The lowest BCUT2D eigenvalue weighted by atomic mass is 10.0. The van der Waals surface area contributed by atoms with Crippen LogP contribution in [0.3, 0.4) is 0 Å². The van der Waals surface area contributed by atoms with Crippen LogP contribution in [0.1, 0.15) is 89.5 Å². The van der Waals surface area contributed by atoms with Crippen LogP contribution >= 0.6 is 11.8 Å². The second kappa shape index (κ2) is 34.8. The molecule has 26 N–H and O–H groups in total. The first-order valence-electron chi connectivity index (χ1n) is 25.7. The third-order valence-corrected chi connectivity index (χ3v) is 12.5. The number of hydrogen-bond donors (Lipinski definition) is 16. The molecule has 1 heterocycles. The van der Waals surface area contributed by atoms with E-state index in [0.717, 1.165) is 22.5 Å². The molecule has 0 aromatic heterocycles. The maximum absolute atomic E-state index is 14.4. The number of ketones is 1. The molecule has 438 valence electrons. The molecule has 1 aliphatic heterocycles. The van der Waals surface area contributed by atoms with Gasteiger partial charge < -0.3 is 88.7 Å². The van der Waals surface area contributed by atoms with E-state index < -0.39 is 70.9 Å². The quantitative estimate of drug-likeness (QED) is 0.0137. The molecule has 80 heavy (non-hydrogen) atoms. The van der Waals surface area contributed by atoms with Gasteiger partial charge in [-0.15, -0.1) is 0 Å². The Morgan fingerprint density at radius 2 is 0.900 bits per heavy atom. The Morgan fingerprint density at radius 3 is 1.27 bits per heavy atom. The third-order valence-electron chi connectivity index (χ3n) is 11.7. The molecule has 0 aliphatic carbocycles. The van der Waals surface area contributed by atoms with Gasteiger partial charge >= 0.3 is 0 Å². The molecule has 0 bridgehead atoms. The molecule has 3 rings (SSSR count). The van der Waals surface area contributed by atoms with E-state index in [1.165, 1.54) is 6.92 Å². The second-order valence-corrected chi connectivity index (χ2v) is 19.2. The fourth-order valence-corrected chi connectivity index (χ4v) is 8.52. The van der Waals surface area contributed by atoms with Crippen LogP contribution in [0.15, 0.2) is 66.3 Å². The Balaban J connectivity index is 1.86. The molecule has 0 spiro atoms. The summed E-state index contributed by atoms with van der Waals surface area (Å²) in [6.45, 7) is 1.86. The average Bonchev–Trinajstić information content (AvgIpc) is 3.72. The number of nitrogens with one attached hydrogen (secondary N) is 6. The third kappa shape index (κ3) is 25.1. The molecule has 2 aromatic carbocycles. The van der Waals surface area contributed by atoms with Crippen molar-refractivity contribution in [2.45, 2.75) is 114 Å². The van der Waals surface area contributed by atoms with Gasteiger partial charge in [0.1, 0.15) is 29.9 Å². The van der Waals surface area contributed by atoms with Gasteiger partial charge in [-0.3, -0.25) is 68.6 Å². The number of nitrogens with zero attached hydrogens (tertiary/aromatic N) is 5. The van der Waals surface area contributed by atoms with Gasteiger partial charge in [-0.05, 0) is 112 Å². The van der Waals surface area contributed by atoms with Crippen molar-refractivity contribution in [3.63, 3.8) is 0 Å². The predicted molar refractivity (Wildman–Crippen MR) is 308 cm³/mol. The Hall–Kier alpha value is -8.90. The molecular formula is C49H77N21O9S. The van der Waals surface area contributed by atoms with Crippen molar-refractivity contribution in [3.8, 4) is 5.75 Å². The lowest BCUT2D eigenvalue weighted by Gasteiger charge is -2.27. The number of carbonyl (C=O) groups excluding carboxylic acids is 8. The summed E-state index contributed by atoms with van der Waals surface area (Å²) in [5.41, 5.74) is 55.8. The van der Waals surface area contributed by atoms with Crippen LogP contribution in [0, 0.1) is 0 Å². The number of nitrogens with two attached hydrogens (primary N) is 10. The highest BCUT2D eigenvalue weighted by Gasteiger charge is 2.32.